The number of methoxy groups -OCH3 is 1. The molecule has 1 N–H and O–H groups in total. The van der Waals surface area contributed by atoms with Crippen molar-refractivity contribution in [3.8, 4) is 0 Å². The van der Waals surface area contributed by atoms with Crippen molar-refractivity contribution >= 4 is 29.1 Å². The van der Waals surface area contributed by atoms with Crippen LogP contribution in [0.15, 0.2) is 20.9 Å². The molecule has 0 aliphatic carbocycles. The zero-order valence-corrected chi connectivity index (χ0v) is 15.1. The van der Waals surface area contributed by atoms with E-state index in [0.717, 1.165) is 55.3 Å². The fraction of sp³-hybridized carbons (Fsp3) is 0.733. The molecule has 1 aromatic heterocycles. The first-order valence-electron chi connectivity index (χ1n) is 7.88. The van der Waals surface area contributed by atoms with Crippen molar-refractivity contribution in [2.24, 2.45) is 10.9 Å². The van der Waals surface area contributed by atoms with E-state index in [-0.39, 0.29) is 0 Å². The summed E-state index contributed by atoms with van der Waals surface area (Å²) < 4.78 is 6.42. The number of ether oxygens (including phenoxy) is 1. The maximum Gasteiger partial charge on any atom is 0.193 e. The Bertz CT molecular complexity index is 439. The first-order valence-corrected chi connectivity index (χ1v) is 9.74. The highest BCUT2D eigenvalue weighted by atomic mass is 32.2. The molecule has 7 heteroatoms. The number of nitrogens with zero attached hydrogens (tertiary/aromatic N) is 3. The largest absolute Gasteiger partial charge is 0.384 e. The van der Waals surface area contributed by atoms with Crippen molar-refractivity contribution in [3.05, 3.63) is 11.6 Å². The third-order valence-electron chi connectivity index (χ3n) is 3.52. The van der Waals surface area contributed by atoms with Gasteiger partial charge in [-0.15, -0.1) is 11.3 Å². The van der Waals surface area contributed by atoms with Gasteiger partial charge in [-0.05, 0) is 19.8 Å². The van der Waals surface area contributed by atoms with Crippen LogP contribution in [-0.4, -0.2) is 61.5 Å². The lowest BCUT2D eigenvalue weighted by Gasteiger charge is -2.21. The number of thiazole rings is 1. The highest BCUT2D eigenvalue weighted by molar-refractivity contribution is 8.00. The van der Waals surface area contributed by atoms with Crippen LogP contribution in [0, 0.1) is 5.92 Å². The molecule has 1 atom stereocenters. The topological polar surface area (TPSA) is 49.8 Å². The van der Waals surface area contributed by atoms with E-state index in [2.05, 4.69) is 22.1 Å². The summed E-state index contributed by atoms with van der Waals surface area (Å²) in [6.07, 6.45) is 4.13. The Labute approximate surface area is 141 Å². The van der Waals surface area contributed by atoms with Crippen molar-refractivity contribution in [2.45, 2.75) is 24.1 Å². The molecule has 5 nitrogen and oxygen atoms in total. The number of likely N-dealkylation sites (tertiary alicyclic amines) is 1. The first kappa shape index (κ1) is 17.6. The average Bonchev–Trinajstić information content (AvgIpc) is 3.18. The Balaban J connectivity index is 1.72. The van der Waals surface area contributed by atoms with Crippen LogP contribution in [0.25, 0.3) is 0 Å². The molecule has 1 aliphatic heterocycles. The van der Waals surface area contributed by atoms with Gasteiger partial charge in [-0.2, -0.15) is 0 Å². The van der Waals surface area contributed by atoms with E-state index in [0.29, 0.717) is 5.92 Å². The first-order chi connectivity index (χ1) is 10.8. The van der Waals surface area contributed by atoms with E-state index in [9.17, 15) is 0 Å². The van der Waals surface area contributed by atoms with Gasteiger partial charge in [0, 0.05) is 56.5 Å². The normalized spacial score (nSPS) is 18.9. The number of hydrogen-bond donors (Lipinski definition) is 1. The standard InChI is InChI=1S/C15H26N4OS2/c1-3-16-14(19-8-5-13(11-19)12-20-2)17-6-4-9-21-15-18-7-10-22-15/h7,10,13H,3-6,8-9,11-12H2,1-2H3,(H,16,17). The summed E-state index contributed by atoms with van der Waals surface area (Å²) in [4.78, 5) is 11.4. The molecule has 2 heterocycles. The van der Waals surface area contributed by atoms with Gasteiger partial charge in [0.25, 0.3) is 0 Å². The predicted molar refractivity (Wildman–Crippen MR) is 95.0 cm³/mol. The third kappa shape index (κ3) is 5.78. The number of thioether (sulfide) groups is 1. The predicted octanol–water partition coefficient (Wildman–Crippen LogP) is 2.56. The highest BCUT2D eigenvalue weighted by Crippen LogP contribution is 2.20. The van der Waals surface area contributed by atoms with Crippen LogP contribution in [-0.2, 0) is 4.74 Å². The summed E-state index contributed by atoms with van der Waals surface area (Å²) in [5.41, 5.74) is 0. The molecule has 1 saturated heterocycles. The van der Waals surface area contributed by atoms with Crippen LogP contribution in [0.3, 0.4) is 0 Å². The van der Waals surface area contributed by atoms with Crippen LogP contribution in [0.1, 0.15) is 19.8 Å². The third-order valence-corrected chi connectivity index (χ3v) is 5.57. The fourth-order valence-corrected chi connectivity index (χ4v) is 4.15. The number of aliphatic imine (C=N–C) groups is 1. The Kier molecular flexibility index (Phi) is 8.04. The van der Waals surface area contributed by atoms with E-state index in [1.165, 1.54) is 6.42 Å². The van der Waals surface area contributed by atoms with E-state index in [1.54, 1.807) is 18.4 Å². The van der Waals surface area contributed by atoms with Gasteiger partial charge in [0.15, 0.2) is 5.96 Å². The number of nitrogens with one attached hydrogen (secondary N) is 1. The van der Waals surface area contributed by atoms with Gasteiger partial charge < -0.3 is 15.0 Å². The Morgan fingerprint density at radius 2 is 2.55 bits per heavy atom. The SMILES string of the molecule is CCNC(=NCCCSc1nccs1)N1CCC(COC)C1. The fourth-order valence-electron chi connectivity index (χ4n) is 2.51. The number of guanidine groups is 1. The van der Waals surface area contributed by atoms with Crippen LogP contribution >= 0.6 is 23.1 Å². The molecule has 0 saturated carbocycles. The van der Waals surface area contributed by atoms with Crippen LogP contribution in [0.5, 0.6) is 0 Å². The molecule has 22 heavy (non-hydrogen) atoms. The Morgan fingerprint density at radius 3 is 3.27 bits per heavy atom. The molecular weight excluding hydrogens is 316 g/mol. The summed E-state index contributed by atoms with van der Waals surface area (Å²) >= 11 is 3.52. The summed E-state index contributed by atoms with van der Waals surface area (Å²) in [6, 6.07) is 0. The summed E-state index contributed by atoms with van der Waals surface area (Å²) in [6.45, 7) is 6.88. The van der Waals surface area contributed by atoms with Gasteiger partial charge in [0.1, 0.15) is 4.34 Å². The molecular formula is C15H26N4OS2. The quantitative estimate of drug-likeness (QED) is 0.340. The summed E-state index contributed by atoms with van der Waals surface area (Å²) in [7, 11) is 1.78. The lowest BCUT2D eigenvalue weighted by molar-refractivity contribution is 0.157. The zero-order chi connectivity index (χ0) is 15.6. The molecule has 0 spiro atoms. The van der Waals surface area contributed by atoms with Gasteiger partial charge >= 0.3 is 0 Å². The minimum atomic E-state index is 0.634. The summed E-state index contributed by atoms with van der Waals surface area (Å²) in [5, 5.41) is 5.43. The van der Waals surface area contributed by atoms with E-state index in [4.69, 9.17) is 9.73 Å². The minimum absolute atomic E-state index is 0.634. The molecule has 0 radical (unpaired) electrons. The summed E-state index contributed by atoms with van der Waals surface area (Å²) in [5.74, 6) is 2.76. The van der Waals surface area contributed by atoms with Gasteiger partial charge in [0.2, 0.25) is 0 Å². The molecule has 1 aromatic rings. The van der Waals surface area contributed by atoms with Gasteiger partial charge in [0.05, 0.1) is 6.61 Å². The molecule has 0 amide bonds. The number of hydrogen-bond acceptors (Lipinski definition) is 5. The lowest BCUT2D eigenvalue weighted by atomic mass is 10.1. The number of aromatic nitrogens is 1. The maximum atomic E-state index is 5.27. The van der Waals surface area contributed by atoms with Crippen LogP contribution < -0.4 is 5.32 Å². The molecule has 1 aliphatic rings. The van der Waals surface area contributed by atoms with Crippen molar-refractivity contribution < 1.29 is 4.74 Å². The molecule has 2 rings (SSSR count). The van der Waals surface area contributed by atoms with Crippen molar-refractivity contribution in [3.63, 3.8) is 0 Å². The second kappa shape index (κ2) is 10.1. The molecule has 1 fully saturated rings. The maximum absolute atomic E-state index is 5.27. The van der Waals surface area contributed by atoms with Crippen molar-refractivity contribution in [2.75, 3.05) is 45.6 Å². The van der Waals surface area contributed by atoms with Gasteiger partial charge in [-0.1, -0.05) is 11.8 Å². The molecule has 1 unspecified atom stereocenters. The monoisotopic (exact) mass is 342 g/mol. The zero-order valence-electron chi connectivity index (χ0n) is 13.5. The molecule has 0 bridgehead atoms. The van der Waals surface area contributed by atoms with E-state index in [1.807, 2.05) is 23.3 Å². The van der Waals surface area contributed by atoms with Gasteiger partial charge in [-0.25, -0.2) is 4.98 Å². The van der Waals surface area contributed by atoms with Gasteiger partial charge in [-0.3, -0.25) is 4.99 Å². The van der Waals surface area contributed by atoms with Crippen molar-refractivity contribution in [1.29, 1.82) is 0 Å². The number of rotatable bonds is 8. The Morgan fingerprint density at radius 1 is 1.64 bits per heavy atom. The second-order valence-electron chi connectivity index (χ2n) is 5.29. The van der Waals surface area contributed by atoms with E-state index >= 15 is 0 Å². The van der Waals surface area contributed by atoms with E-state index < -0.39 is 0 Å². The second-order valence-corrected chi connectivity index (χ2v) is 7.53. The smallest absolute Gasteiger partial charge is 0.193 e. The molecule has 0 aromatic carbocycles. The average molecular weight is 343 g/mol. The highest BCUT2D eigenvalue weighted by Gasteiger charge is 2.24. The molecule has 124 valence electrons. The Hall–Kier alpha value is -0.790. The van der Waals surface area contributed by atoms with Crippen molar-refractivity contribution in [1.82, 2.24) is 15.2 Å². The lowest BCUT2D eigenvalue weighted by Crippen LogP contribution is -2.40. The van der Waals surface area contributed by atoms with Crippen LogP contribution in [0.4, 0.5) is 0 Å². The minimum Gasteiger partial charge on any atom is -0.384 e. The van der Waals surface area contributed by atoms with Crippen LogP contribution in [0.2, 0.25) is 0 Å².